The summed E-state index contributed by atoms with van der Waals surface area (Å²) in [6.07, 6.45) is 0. The zero-order valence-corrected chi connectivity index (χ0v) is 9.09. The van der Waals surface area contributed by atoms with Crippen molar-refractivity contribution in [2.45, 2.75) is 19.1 Å². The van der Waals surface area contributed by atoms with Crippen LogP contribution in [-0.2, 0) is 11.3 Å². The number of halogens is 1. The van der Waals surface area contributed by atoms with Gasteiger partial charge in [-0.25, -0.2) is 4.39 Å². The van der Waals surface area contributed by atoms with E-state index >= 15 is 0 Å². The van der Waals surface area contributed by atoms with Crippen LogP contribution in [0.5, 0.6) is 0 Å². The molecule has 0 amide bonds. The Balaban J connectivity index is 2.06. The van der Waals surface area contributed by atoms with Crippen molar-refractivity contribution in [1.29, 1.82) is 5.26 Å². The molecule has 0 aliphatic carbocycles. The quantitative estimate of drug-likeness (QED) is 0.841. The fraction of sp³-hybridized carbons (Fsp3) is 0.417. The van der Waals surface area contributed by atoms with Gasteiger partial charge in [0.25, 0.3) is 0 Å². The van der Waals surface area contributed by atoms with Crippen LogP contribution in [0.3, 0.4) is 0 Å². The van der Waals surface area contributed by atoms with Crippen molar-refractivity contribution in [2.75, 3.05) is 13.1 Å². The summed E-state index contributed by atoms with van der Waals surface area (Å²) in [5.74, 6) is -0.324. The largest absolute Gasteiger partial charge is 0.368 e. The molecule has 3 nitrogen and oxygen atoms in total. The highest BCUT2D eigenvalue weighted by molar-refractivity contribution is 5.33. The Morgan fingerprint density at radius 3 is 2.88 bits per heavy atom. The van der Waals surface area contributed by atoms with E-state index in [0.29, 0.717) is 11.1 Å². The first kappa shape index (κ1) is 11.1. The maximum absolute atomic E-state index is 13.4. The summed E-state index contributed by atoms with van der Waals surface area (Å²) in [6.45, 7) is 3.76. The molecule has 4 heteroatoms. The lowest BCUT2D eigenvalue weighted by Crippen LogP contribution is -2.58. The zero-order valence-electron chi connectivity index (χ0n) is 9.09. The van der Waals surface area contributed by atoms with Crippen LogP contribution in [0.1, 0.15) is 18.1 Å². The van der Waals surface area contributed by atoms with Gasteiger partial charge in [-0.1, -0.05) is 0 Å². The number of nitriles is 1. The third-order valence-corrected chi connectivity index (χ3v) is 2.75. The zero-order chi connectivity index (χ0) is 11.6. The number of hydrogen-bond acceptors (Lipinski definition) is 3. The van der Waals surface area contributed by atoms with Gasteiger partial charge in [0.1, 0.15) is 5.82 Å². The molecule has 0 saturated carbocycles. The molecule has 2 rings (SSSR count). The highest BCUT2D eigenvalue weighted by Gasteiger charge is 2.32. The number of benzene rings is 1. The summed E-state index contributed by atoms with van der Waals surface area (Å²) in [4.78, 5) is 0. The molecule has 0 aromatic heterocycles. The summed E-state index contributed by atoms with van der Waals surface area (Å²) >= 11 is 0. The Morgan fingerprint density at radius 2 is 2.31 bits per heavy atom. The van der Waals surface area contributed by atoms with Crippen LogP contribution in [-0.4, -0.2) is 18.7 Å². The molecule has 0 bridgehead atoms. The van der Waals surface area contributed by atoms with Crippen molar-refractivity contribution < 1.29 is 9.13 Å². The molecule has 0 radical (unpaired) electrons. The van der Waals surface area contributed by atoms with Crippen molar-refractivity contribution in [2.24, 2.45) is 0 Å². The van der Waals surface area contributed by atoms with Crippen LogP contribution in [0.4, 0.5) is 4.39 Å². The van der Waals surface area contributed by atoms with Crippen molar-refractivity contribution in [3.63, 3.8) is 0 Å². The second kappa shape index (κ2) is 4.20. The molecule has 84 valence electrons. The third kappa shape index (κ3) is 2.21. The number of rotatable bonds is 3. The molecular weight excluding hydrogens is 207 g/mol. The van der Waals surface area contributed by atoms with E-state index in [2.05, 4.69) is 5.32 Å². The van der Waals surface area contributed by atoms with E-state index in [1.54, 1.807) is 0 Å². The normalized spacial score (nSPS) is 17.6. The van der Waals surface area contributed by atoms with E-state index in [1.807, 2.05) is 13.0 Å². The van der Waals surface area contributed by atoms with Crippen LogP contribution >= 0.6 is 0 Å². The minimum Gasteiger partial charge on any atom is -0.368 e. The summed E-state index contributed by atoms with van der Waals surface area (Å²) in [7, 11) is 0. The van der Waals surface area contributed by atoms with Gasteiger partial charge in [0.2, 0.25) is 0 Å². The number of hydrogen-bond donors (Lipinski definition) is 1. The van der Waals surface area contributed by atoms with E-state index in [9.17, 15) is 4.39 Å². The monoisotopic (exact) mass is 220 g/mol. The smallest absolute Gasteiger partial charge is 0.128 e. The van der Waals surface area contributed by atoms with E-state index in [1.165, 1.54) is 18.2 Å². The van der Waals surface area contributed by atoms with Crippen molar-refractivity contribution >= 4 is 0 Å². The van der Waals surface area contributed by atoms with Crippen LogP contribution < -0.4 is 5.32 Å². The summed E-state index contributed by atoms with van der Waals surface area (Å²) in [6, 6.07) is 6.29. The Kier molecular flexibility index (Phi) is 2.90. The van der Waals surface area contributed by atoms with Gasteiger partial charge in [-0.2, -0.15) is 5.26 Å². The molecular formula is C12H13FN2O. The van der Waals surface area contributed by atoms with Crippen LogP contribution in [0.2, 0.25) is 0 Å². The summed E-state index contributed by atoms with van der Waals surface area (Å²) in [5, 5.41) is 11.8. The first-order valence-corrected chi connectivity index (χ1v) is 5.16. The molecule has 16 heavy (non-hydrogen) atoms. The Bertz CT molecular complexity index is 435. The topological polar surface area (TPSA) is 45.0 Å². The van der Waals surface area contributed by atoms with Gasteiger partial charge in [-0.05, 0) is 25.1 Å². The van der Waals surface area contributed by atoms with Crippen LogP contribution in [0.25, 0.3) is 0 Å². The summed E-state index contributed by atoms with van der Waals surface area (Å²) < 4.78 is 19.0. The van der Waals surface area contributed by atoms with Gasteiger partial charge in [-0.3, -0.25) is 0 Å². The van der Waals surface area contributed by atoms with E-state index in [4.69, 9.17) is 10.00 Å². The minimum absolute atomic E-state index is 0.199. The predicted octanol–water partition coefficient (Wildman–Crippen LogP) is 1.58. The highest BCUT2D eigenvalue weighted by atomic mass is 19.1. The molecule has 1 aliphatic rings. The molecule has 1 aromatic carbocycles. The van der Waals surface area contributed by atoms with Gasteiger partial charge in [-0.15, -0.1) is 0 Å². The SMILES string of the molecule is CC1(OCc2cc(C#N)ccc2F)CNC1. The number of ether oxygens (including phenoxy) is 1. The minimum atomic E-state index is -0.324. The van der Waals surface area contributed by atoms with E-state index in [0.717, 1.165) is 13.1 Å². The number of nitrogens with zero attached hydrogens (tertiary/aromatic N) is 1. The Labute approximate surface area is 93.8 Å². The van der Waals surface area contributed by atoms with E-state index in [-0.39, 0.29) is 18.0 Å². The molecule has 0 spiro atoms. The molecule has 1 aliphatic heterocycles. The molecule has 1 saturated heterocycles. The van der Waals surface area contributed by atoms with Gasteiger partial charge in [0.15, 0.2) is 0 Å². The molecule has 1 fully saturated rings. The van der Waals surface area contributed by atoms with Gasteiger partial charge in [0.05, 0.1) is 23.8 Å². The molecule has 0 atom stereocenters. The maximum atomic E-state index is 13.4. The van der Waals surface area contributed by atoms with Gasteiger partial charge < -0.3 is 10.1 Å². The van der Waals surface area contributed by atoms with Gasteiger partial charge >= 0.3 is 0 Å². The fourth-order valence-electron chi connectivity index (χ4n) is 1.59. The van der Waals surface area contributed by atoms with E-state index < -0.39 is 0 Å². The molecule has 1 aromatic rings. The lowest BCUT2D eigenvalue weighted by molar-refractivity contribution is -0.0775. The number of nitrogens with one attached hydrogen (secondary N) is 1. The highest BCUT2D eigenvalue weighted by Crippen LogP contribution is 2.19. The predicted molar refractivity (Wildman–Crippen MR) is 57.2 cm³/mol. The Morgan fingerprint density at radius 1 is 1.56 bits per heavy atom. The Hall–Kier alpha value is -1.44. The van der Waals surface area contributed by atoms with Crippen molar-refractivity contribution in [3.8, 4) is 6.07 Å². The molecule has 1 heterocycles. The van der Waals surface area contributed by atoms with Crippen LogP contribution in [0.15, 0.2) is 18.2 Å². The summed E-state index contributed by atoms with van der Waals surface area (Å²) in [5.41, 5.74) is 0.693. The van der Waals surface area contributed by atoms with Gasteiger partial charge in [0, 0.05) is 18.7 Å². The standard InChI is InChI=1S/C12H13FN2O/c1-12(7-15-8-12)16-6-10-4-9(5-14)2-3-11(10)13/h2-4,15H,6-8H2,1H3. The molecule has 1 N–H and O–H groups in total. The lowest BCUT2D eigenvalue weighted by Gasteiger charge is -2.39. The third-order valence-electron chi connectivity index (χ3n) is 2.75. The molecule has 0 unspecified atom stereocenters. The van der Waals surface area contributed by atoms with Crippen LogP contribution in [0, 0.1) is 17.1 Å². The lowest BCUT2D eigenvalue weighted by atomic mass is 10.00. The maximum Gasteiger partial charge on any atom is 0.128 e. The van der Waals surface area contributed by atoms with Crippen molar-refractivity contribution in [3.05, 3.63) is 35.1 Å². The first-order valence-electron chi connectivity index (χ1n) is 5.16. The first-order chi connectivity index (χ1) is 7.63. The fourth-order valence-corrected chi connectivity index (χ4v) is 1.59. The average molecular weight is 220 g/mol. The van der Waals surface area contributed by atoms with Crippen molar-refractivity contribution in [1.82, 2.24) is 5.32 Å². The second-order valence-corrected chi connectivity index (χ2v) is 4.26. The average Bonchev–Trinajstić information content (AvgIpc) is 2.25. The second-order valence-electron chi connectivity index (χ2n) is 4.26.